The van der Waals surface area contributed by atoms with Crippen LogP contribution in [0.15, 0.2) is 9.95 Å². The van der Waals surface area contributed by atoms with Crippen LogP contribution in [-0.4, -0.2) is 39.7 Å². The Morgan fingerprint density at radius 1 is 1.37 bits per heavy atom. The first-order chi connectivity index (χ1) is 12.9. The molecule has 1 atom stereocenters. The lowest BCUT2D eigenvalue weighted by molar-refractivity contribution is -0.127. The van der Waals surface area contributed by atoms with E-state index < -0.39 is 6.04 Å². The van der Waals surface area contributed by atoms with Crippen molar-refractivity contribution in [3.05, 3.63) is 20.8 Å². The van der Waals surface area contributed by atoms with E-state index >= 15 is 0 Å². The number of fused-ring (bicyclic) bond motifs is 3. The Kier molecular flexibility index (Phi) is 6.21. The van der Waals surface area contributed by atoms with Gasteiger partial charge in [-0.15, -0.1) is 11.3 Å². The number of hydrogen-bond acceptors (Lipinski definition) is 6. The third kappa shape index (κ3) is 4.19. The quantitative estimate of drug-likeness (QED) is 0.536. The number of carbonyl (C=O) groups is 2. The van der Waals surface area contributed by atoms with E-state index in [-0.39, 0.29) is 23.1 Å². The molecule has 2 aromatic heterocycles. The molecule has 1 aliphatic rings. The number of thioether (sulfide) groups is 1. The summed E-state index contributed by atoms with van der Waals surface area (Å²) in [5.41, 5.74) is 1.11. The Hall–Kier alpha value is -1.87. The van der Waals surface area contributed by atoms with Gasteiger partial charge in [0, 0.05) is 18.5 Å². The van der Waals surface area contributed by atoms with Gasteiger partial charge in [-0.25, -0.2) is 4.98 Å². The van der Waals surface area contributed by atoms with Gasteiger partial charge in [-0.2, -0.15) is 0 Å². The summed E-state index contributed by atoms with van der Waals surface area (Å²) in [7, 11) is 1.69. The molecule has 0 aromatic carbocycles. The molecule has 9 heteroatoms. The van der Waals surface area contributed by atoms with Crippen LogP contribution < -0.4 is 16.2 Å². The zero-order valence-corrected chi connectivity index (χ0v) is 17.4. The Morgan fingerprint density at radius 3 is 2.89 bits per heavy atom. The minimum Gasteiger partial charge on any atom is -0.354 e. The summed E-state index contributed by atoms with van der Waals surface area (Å²) in [4.78, 5) is 43.4. The fourth-order valence-corrected chi connectivity index (χ4v) is 5.20. The Balaban J connectivity index is 1.67. The number of aryl methyl sites for hydroxylation is 2. The van der Waals surface area contributed by atoms with E-state index in [1.54, 1.807) is 25.3 Å². The molecule has 2 aromatic rings. The van der Waals surface area contributed by atoms with Crippen molar-refractivity contribution < 1.29 is 9.59 Å². The SMILES string of the molecule is CCCNC(=O)[C@@H](C)NC(=O)CSc1nc2sc3c(c2c(=O)n1C)CCC3. The zero-order chi connectivity index (χ0) is 19.6. The van der Waals surface area contributed by atoms with Crippen molar-refractivity contribution >= 4 is 45.1 Å². The second-order valence-corrected chi connectivity index (χ2v) is 8.69. The summed E-state index contributed by atoms with van der Waals surface area (Å²) in [5.74, 6) is -0.361. The molecule has 0 saturated carbocycles. The minimum absolute atomic E-state index is 0.0466. The number of carbonyl (C=O) groups excluding carboxylic acids is 2. The number of thiophene rings is 1. The Bertz CT molecular complexity index is 935. The van der Waals surface area contributed by atoms with Crippen molar-refractivity contribution in [1.82, 2.24) is 20.2 Å². The third-order valence-corrected chi connectivity index (χ3v) is 6.77. The summed E-state index contributed by atoms with van der Waals surface area (Å²) < 4.78 is 1.52. The van der Waals surface area contributed by atoms with Gasteiger partial charge in [-0.1, -0.05) is 18.7 Å². The number of nitrogens with zero attached hydrogens (tertiary/aromatic N) is 2. The molecule has 2 amide bonds. The van der Waals surface area contributed by atoms with E-state index in [0.717, 1.165) is 41.5 Å². The van der Waals surface area contributed by atoms with Crippen LogP contribution >= 0.6 is 23.1 Å². The number of hydrogen-bond donors (Lipinski definition) is 2. The summed E-state index contributed by atoms with van der Waals surface area (Å²) in [6, 6.07) is -0.593. The maximum atomic E-state index is 12.7. The average molecular weight is 409 g/mol. The predicted octanol–water partition coefficient (Wildman–Crippen LogP) is 1.61. The van der Waals surface area contributed by atoms with Crippen LogP contribution in [0.2, 0.25) is 0 Å². The van der Waals surface area contributed by atoms with Crippen molar-refractivity contribution in [2.75, 3.05) is 12.3 Å². The highest BCUT2D eigenvalue weighted by atomic mass is 32.2. The van der Waals surface area contributed by atoms with Crippen LogP contribution in [0.5, 0.6) is 0 Å². The molecule has 0 saturated heterocycles. The molecule has 1 aliphatic carbocycles. The molecule has 0 unspecified atom stereocenters. The molecule has 146 valence electrons. The molecule has 0 bridgehead atoms. The summed E-state index contributed by atoms with van der Waals surface area (Å²) >= 11 is 2.80. The molecular weight excluding hydrogens is 384 g/mol. The van der Waals surface area contributed by atoms with Gasteiger partial charge < -0.3 is 10.6 Å². The van der Waals surface area contributed by atoms with Crippen molar-refractivity contribution in [1.29, 1.82) is 0 Å². The minimum atomic E-state index is -0.593. The number of amides is 2. The van der Waals surface area contributed by atoms with Gasteiger partial charge in [0.1, 0.15) is 10.9 Å². The standard InChI is InChI=1S/C18H24N4O3S2/c1-4-8-19-15(24)10(2)20-13(23)9-26-18-21-16-14(17(25)22(18)3)11-6-5-7-12(11)27-16/h10H,4-9H2,1-3H3,(H,19,24)(H,20,23)/t10-/m1/s1. The van der Waals surface area contributed by atoms with Crippen LogP contribution in [0.1, 0.15) is 37.1 Å². The summed E-state index contributed by atoms with van der Waals surface area (Å²) in [6.07, 6.45) is 3.90. The van der Waals surface area contributed by atoms with E-state index in [9.17, 15) is 14.4 Å². The fourth-order valence-electron chi connectivity index (χ4n) is 3.11. The Labute approximate surface area is 165 Å². The zero-order valence-electron chi connectivity index (χ0n) is 15.8. The maximum absolute atomic E-state index is 12.7. The molecule has 2 N–H and O–H groups in total. The van der Waals surface area contributed by atoms with Gasteiger partial charge in [0.25, 0.3) is 5.56 Å². The number of aromatic nitrogens is 2. The van der Waals surface area contributed by atoms with E-state index in [2.05, 4.69) is 15.6 Å². The summed E-state index contributed by atoms with van der Waals surface area (Å²) in [5, 5.41) is 6.69. The second kappa shape index (κ2) is 8.43. The normalized spacial score (nSPS) is 14.2. The van der Waals surface area contributed by atoms with Crippen LogP contribution in [-0.2, 0) is 29.5 Å². The first kappa shape index (κ1) is 19.9. The first-order valence-electron chi connectivity index (χ1n) is 9.13. The van der Waals surface area contributed by atoms with Gasteiger partial charge in [-0.3, -0.25) is 19.0 Å². The van der Waals surface area contributed by atoms with Crippen LogP contribution in [0.4, 0.5) is 0 Å². The van der Waals surface area contributed by atoms with Crippen LogP contribution in [0, 0.1) is 0 Å². The van der Waals surface area contributed by atoms with Crippen molar-refractivity contribution in [3.8, 4) is 0 Å². The molecule has 0 radical (unpaired) electrons. The second-order valence-electron chi connectivity index (χ2n) is 6.66. The van der Waals surface area contributed by atoms with E-state index in [1.165, 1.54) is 21.2 Å². The molecule has 2 heterocycles. The fraction of sp³-hybridized carbons (Fsp3) is 0.556. The van der Waals surface area contributed by atoms with Gasteiger partial charge in [-0.05, 0) is 38.2 Å². The lowest BCUT2D eigenvalue weighted by Crippen LogP contribution is -2.45. The molecular formula is C18H24N4O3S2. The highest BCUT2D eigenvalue weighted by Gasteiger charge is 2.23. The van der Waals surface area contributed by atoms with Crippen molar-refractivity contribution in [2.45, 2.75) is 50.7 Å². The van der Waals surface area contributed by atoms with Gasteiger partial charge in [0.05, 0.1) is 11.1 Å². The lowest BCUT2D eigenvalue weighted by Gasteiger charge is -2.14. The Morgan fingerprint density at radius 2 is 2.15 bits per heavy atom. The molecule has 3 rings (SSSR count). The number of nitrogens with one attached hydrogen (secondary N) is 2. The van der Waals surface area contributed by atoms with Crippen molar-refractivity contribution in [3.63, 3.8) is 0 Å². The highest BCUT2D eigenvalue weighted by Crippen LogP contribution is 2.35. The van der Waals surface area contributed by atoms with Crippen LogP contribution in [0.25, 0.3) is 10.2 Å². The van der Waals surface area contributed by atoms with Gasteiger partial charge in [0.2, 0.25) is 11.8 Å². The first-order valence-corrected chi connectivity index (χ1v) is 10.9. The average Bonchev–Trinajstić information content (AvgIpc) is 3.21. The lowest BCUT2D eigenvalue weighted by atomic mass is 10.2. The van der Waals surface area contributed by atoms with Crippen LogP contribution in [0.3, 0.4) is 0 Å². The predicted molar refractivity (Wildman–Crippen MR) is 109 cm³/mol. The maximum Gasteiger partial charge on any atom is 0.262 e. The highest BCUT2D eigenvalue weighted by molar-refractivity contribution is 7.99. The number of rotatable bonds is 7. The summed E-state index contributed by atoms with van der Waals surface area (Å²) in [6.45, 7) is 4.21. The van der Waals surface area contributed by atoms with E-state index in [4.69, 9.17) is 0 Å². The topological polar surface area (TPSA) is 93.1 Å². The van der Waals surface area contributed by atoms with Crippen molar-refractivity contribution in [2.24, 2.45) is 7.05 Å². The third-order valence-electron chi connectivity index (χ3n) is 4.56. The molecule has 7 nitrogen and oxygen atoms in total. The van der Waals surface area contributed by atoms with E-state index in [0.29, 0.717) is 11.7 Å². The molecule has 0 aliphatic heterocycles. The molecule has 0 fully saturated rings. The molecule has 27 heavy (non-hydrogen) atoms. The largest absolute Gasteiger partial charge is 0.354 e. The molecule has 0 spiro atoms. The van der Waals surface area contributed by atoms with E-state index in [1.807, 2.05) is 6.92 Å². The monoisotopic (exact) mass is 408 g/mol. The van der Waals surface area contributed by atoms with Gasteiger partial charge in [0.15, 0.2) is 5.16 Å². The van der Waals surface area contributed by atoms with Gasteiger partial charge >= 0.3 is 0 Å². The smallest absolute Gasteiger partial charge is 0.262 e.